The molecule has 3 rings (SSSR count). The maximum Gasteiger partial charge on any atom is 0.0459 e. The number of hydrogen-bond acceptors (Lipinski definition) is 2. The van der Waals surface area contributed by atoms with Crippen molar-refractivity contribution in [3.8, 4) is 11.1 Å². The highest BCUT2D eigenvalue weighted by atomic mass is 35.5. The second kappa shape index (κ2) is 6.18. The minimum absolute atomic E-state index is 0.272. The maximum atomic E-state index is 6.50. The van der Waals surface area contributed by atoms with Crippen molar-refractivity contribution in [2.24, 2.45) is 0 Å². The smallest absolute Gasteiger partial charge is 0.0459 e. The molecule has 108 valence electrons. The van der Waals surface area contributed by atoms with E-state index in [1.54, 1.807) is 11.3 Å². The fourth-order valence-corrected chi connectivity index (χ4v) is 3.96. The lowest BCUT2D eigenvalue weighted by molar-refractivity contribution is 0.598. The molecule has 21 heavy (non-hydrogen) atoms. The zero-order valence-corrected chi connectivity index (χ0v) is 13.8. The molecule has 3 heteroatoms. The van der Waals surface area contributed by atoms with Gasteiger partial charge in [0.05, 0.1) is 0 Å². The fourth-order valence-electron chi connectivity index (χ4n) is 2.68. The van der Waals surface area contributed by atoms with E-state index >= 15 is 0 Å². The van der Waals surface area contributed by atoms with Crippen LogP contribution in [0.4, 0.5) is 0 Å². The Labute approximate surface area is 134 Å². The van der Waals surface area contributed by atoms with E-state index in [-0.39, 0.29) is 6.04 Å². The van der Waals surface area contributed by atoms with Crippen LogP contribution in [-0.2, 0) is 0 Å². The quantitative estimate of drug-likeness (QED) is 0.632. The Hall–Kier alpha value is -1.35. The van der Waals surface area contributed by atoms with Crippen molar-refractivity contribution >= 4 is 33.0 Å². The van der Waals surface area contributed by atoms with Crippen molar-refractivity contribution in [1.82, 2.24) is 5.32 Å². The minimum atomic E-state index is 0.272. The third kappa shape index (κ3) is 2.84. The van der Waals surface area contributed by atoms with E-state index in [9.17, 15) is 0 Å². The first-order chi connectivity index (χ1) is 10.2. The number of nitrogens with one attached hydrogen (secondary N) is 1. The zero-order valence-electron chi connectivity index (χ0n) is 12.2. The Morgan fingerprint density at radius 1 is 1.19 bits per heavy atom. The molecule has 0 aliphatic heterocycles. The number of hydrogen-bond donors (Lipinski definition) is 1. The first-order valence-corrected chi connectivity index (χ1v) is 8.46. The van der Waals surface area contributed by atoms with Crippen LogP contribution < -0.4 is 5.32 Å². The van der Waals surface area contributed by atoms with Gasteiger partial charge < -0.3 is 5.32 Å². The number of halogens is 1. The Morgan fingerprint density at radius 2 is 2.05 bits per heavy atom. The molecule has 2 aromatic carbocycles. The van der Waals surface area contributed by atoms with Crippen molar-refractivity contribution in [2.75, 3.05) is 6.54 Å². The maximum absolute atomic E-state index is 6.50. The highest BCUT2D eigenvalue weighted by molar-refractivity contribution is 7.17. The lowest BCUT2D eigenvalue weighted by Gasteiger charge is -2.15. The molecule has 0 aliphatic rings. The van der Waals surface area contributed by atoms with Gasteiger partial charge in [0.15, 0.2) is 0 Å². The number of fused-ring (bicyclic) bond motifs is 1. The molecule has 0 spiro atoms. The lowest BCUT2D eigenvalue weighted by atomic mass is 10.0. The van der Waals surface area contributed by atoms with E-state index < -0.39 is 0 Å². The molecule has 1 unspecified atom stereocenters. The van der Waals surface area contributed by atoms with Gasteiger partial charge in [0, 0.05) is 15.8 Å². The molecule has 0 aliphatic carbocycles. The van der Waals surface area contributed by atoms with Gasteiger partial charge in [-0.05, 0) is 53.1 Å². The summed E-state index contributed by atoms with van der Waals surface area (Å²) >= 11 is 8.28. The third-order valence-electron chi connectivity index (χ3n) is 3.77. The van der Waals surface area contributed by atoms with Crippen molar-refractivity contribution in [2.45, 2.75) is 19.9 Å². The lowest BCUT2D eigenvalue weighted by Crippen LogP contribution is -2.17. The number of rotatable bonds is 4. The third-order valence-corrected chi connectivity index (χ3v) is 5.06. The standard InChI is InChI=1S/C18H18ClNS/c1-3-20-12(2)15-8-7-14(11-17(15)19)16-6-4-5-13-9-10-21-18(13)16/h4-12,20H,3H2,1-2H3. The number of thiophene rings is 1. The Bertz CT molecular complexity index is 763. The Balaban J connectivity index is 2.04. The van der Waals surface area contributed by atoms with Gasteiger partial charge in [-0.15, -0.1) is 11.3 Å². The van der Waals surface area contributed by atoms with Crippen LogP contribution >= 0.6 is 22.9 Å². The van der Waals surface area contributed by atoms with Crippen LogP contribution in [0.25, 0.3) is 21.2 Å². The van der Waals surface area contributed by atoms with Crippen LogP contribution in [0.2, 0.25) is 5.02 Å². The average molecular weight is 316 g/mol. The predicted octanol–water partition coefficient (Wildman–Crippen LogP) is 5.89. The Kier molecular flexibility index (Phi) is 4.29. The van der Waals surface area contributed by atoms with E-state index in [1.807, 2.05) is 0 Å². The predicted molar refractivity (Wildman–Crippen MR) is 94.4 cm³/mol. The van der Waals surface area contributed by atoms with Gasteiger partial charge in [-0.25, -0.2) is 0 Å². The van der Waals surface area contributed by atoms with Crippen LogP contribution in [0.15, 0.2) is 47.8 Å². The van der Waals surface area contributed by atoms with Gasteiger partial charge in [0.1, 0.15) is 0 Å². The zero-order chi connectivity index (χ0) is 14.8. The van der Waals surface area contributed by atoms with Crippen LogP contribution in [0.3, 0.4) is 0 Å². The van der Waals surface area contributed by atoms with Gasteiger partial charge >= 0.3 is 0 Å². The minimum Gasteiger partial charge on any atom is -0.310 e. The summed E-state index contributed by atoms with van der Waals surface area (Å²) in [6, 6.07) is 15.2. The molecule has 1 heterocycles. The summed E-state index contributed by atoms with van der Waals surface area (Å²) in [6.07, 6.45) is 0. The molecule has 1 atom stereocenters. The summed E-state index contributed by atoms with van der Waals surface area (Å²) in [5.74, 6) is 0. The molecule has 0 amide bonds. The molecular formula is C18H18ClNS. The molecule has 1 N–H and O–H groups in total. The van der Waals surface area contributed by atoms with Crippen molar-refractivity contribution in [3.63, 3.8) is 0 Å². The molecule has 0 fully saturated rings. The van der Waals surface area contributed by atoms with Crippen LogP contribution in [-0.4, -0.2) is 6.54 Å². The SMILES string of the molecule is CCNC(C)c1ccc(-c2cccc3ccsc23)cc1Cl. The summed E-state index contributed by atoms with van der Waals surface area (Å²) in [4.78, 5) is 0. The van der Waals surface area contributed by atoms with Crippen LogP contribution in [0.5, 0.6) is 0 Å². The molecular weight excluding hydrogens is 298 g/mol. The van der Waals surface area contributed by atoms with E-state index in [0.29, 0.717) is 0 Å². The second-order valence-electron chi connectivity index (χ2n) is 5.16. The second-order valence-corrected chi connectivity index (χ2v) is 6.48. The van der Waals surface area contributed by atoms with Crippen molar-refractivity contribution < 1.29 is 0 Å². The summed E-state index contributed by atoms with van der Waals surface area (Å²) < 4.78 is 1.32. The molecule has 0 saturated heterocycles. The normalized spacial score (nSPS) is 12.7. The average Bonchev–Trinajstić information content (AvgIpc) is 2.95. The fraction of sp³-hybridized carbons (Fsp3) is 0.222. The van der Waals surface area contributed by atoms with Crippen LogP contribution in [0.1, 0.15) is 25.5 Å². The van der Waals surface area contributed by atoms with E-state index in [1.165, 1.54) is 21.2 Å². The summed E-state index contributed by atoms with van der Waals surface area (Å²) in [6.45, 7) is 5.19. The summed E-state index contributed by atoms with van der Waals surface area (Å²) in [5.41, 5.74) is 3.59. The first kappa shape index (κ1) is 14.6. The van der Waals surface area contributed by atoms with Crippen molar-refractivity contribution in [1.29, 1.82) is 0 Å². The molecule has 3 aromatic rings. The van der Waals surface area contributed by atoms with Crippen LogP contribution in [0, 0.1) is 0 Å². The van der Waals surface area contributed by atoms with E-state index in [4.69, 9.17) is 11.6 Å². The van der Waals surface area contributed by atoms with Gasteiger partial charge in [0.2, 0.25) is 0 Å². The molecule has 0 radical (unpaired) electrons. The van der Waals surface area contributed by atoms with Gasteiger partial charge in [-0.2, -0.15) is 0 Å². The monoisotopic (exact) mass is 315 g/mol. The summed E-state index contributed by atoms with van der Waals surface area (Å²) in [7, 11) is 0. The topological polar surface area (TPSA) is 12.0 Å². The van der Waals surface area contributed by atoms with Gasteiger partial charge in [-0.1, -0.05) is 48.9 Å². The van der Waals surface area contributed by atoms with Gasteiger partial charge in [-0.3, -0.25) is 0 Å². The molecule has 0 bridgehead atoms. The number of benzene rings is 2. The Morgan fingerprint density at radius 3 is 2.81 bits per heavy atom. The summed E-state index contributed by atoms with van der Waals surface area (Å²) in [5, 5.41) is 7.66. The largest absolute Gasteiger partial charge is 0.310 e. The first-order valence-electron chi connectivity index (χ1n) is 7.20. The molecule has 1 aromatic heterocycles. The molecule has 1 nitrogen and oxygen atoms in total. The van der Waals surface area contributed by atoms with E-state index in [0.717, 1.165) is 17.1 Å². The highest BCUT2D eigenvalue weighted by Gasteiger charge is 2.11. The van der Waals surface area contributed by atoms with E-state index in [2.05, 4.69) is 67.0 Å². The molecule has 0 saturated carbocycles. The van der Waals surface area contributed by atoms with Gasteiger partial charge in [0.25, 0.3) is 0 Å². The van der Waals surface area contributed by atoms with Crippen molar-refractivity contribution in [3.05, 3.63) is 58.4 Å². The highest BCUT2D eigenvalue weighted by Crippen LogP contribution is 2.35.